The van der Waals surface area contributed by atoms with Crippen molar-refractivity contribution in [2.24, 2.45) is 0 Å². The van der Waals surface area contributed by atoms with Crippen molar-refractivity contribution in [3.63, 3.8) is 0 Å². The van der Waals surface area contributed by atoms with Gasteiger partial charge in [0.15, 0.2) is 0 Å². The predicted molar refractivity (Wildman–Crippen MR) is 91.3 cm³/mol. The number of nitrogens with zero attached hydrogens (tertiary/aromatic N) is 3. The summed E-state index contributed by atoms with van der Waals surface area (Å²) in [5.41, 5.74) is 0.228. The van der Waals surface area contributed by atoms with Crippen LogP contribution in [0.5, 0.6) is 0 Å². The maximum Gasteiger partial charge on any atom is 0.227 e. The summed E-state index contributed by atoms with van der Waals surface area (Å²) in [6.07, 6.45) is 0.530. The van der Waals surface area contributed by atoms with Gasteiger partial charge in [0.25, 0.3) is 0 Å². The lowest BCUT2D eigenvalue weighted by Gasteiger charge is -2.28. The fourth-order valence-electron chi connectivity index (χ4n) is 2.47. The number of likely N-dealkylation sites (N-methyl/N-ethyl adjacent to an activating group) is 1. The summed E-state index contributed by atoms with van der Waals surface area (Å²) in [5.74, 6) is 0.352. The molecule has 136 valence electrons. The van der Waals surface area contributed by atoms with Crippen LogP contribution >= 0.6 is 0 Å². The number of aryl methyl sites for hydroxylation is 2. The van der Waals surface area contributed by atoms with Gasteiger partial charge in [-0.1, -0.05) is 5.16 Å². The Morgan fingerprint density at radius 2 is 2.12 bits per heavy atom. The summed E-state index contributed by atoms with van der Waals surface area (Å²) < 4.78 is 18.5. The maximum absolute atomic E-state index is 13.3. The number of rotatable bonds is 7. The van der Waals surface area contributed by atoms with E-state index in [2.05, 4.69) is 10.1 Å². The van der Waals surface area contributed by atoms with Crippen molar-refractivity contribution in [3.05, 3.63) is 35.5 Å². The minimum absolute atomic E-state index is 0.0815. The number of carbonyl (C=O) groups is 1. The number of aromatic nitrogens is 2. The molecule has 0 atom stereocenters. The van der Waals surface area contributed by atoms with Gasteiger partial charge >= 0.3 is 0 Å². The minimum atomic E-state index is -0.941. The van der Waals surface area contributed by atoms with Gasteiger partial charge in [0.1, 0.15) is 5.82 Å². The zero-order valence-corrected chi connectivity index (χ0v) is 15.0. The van der Waals surface area contributed by atoms with Crippen molar-refractivity contribution >= 4 is 5.91 Å². The second-order valence-electron chi connectivity index (χ2n) is 6.70. The highest BCUT2D eigenvalue weighted by Gasteiger charge is 2.21. The summed E-state index contributed by atoms with van der Waals surface area (Å²) in [7, 11) is 0. The lowest BCUT2D eigenvalue weighted by Crippen LogP contribution is -2.42. The standard InChI is InChI=1S/C18H24FN3O3/c1-5-22(11-18(3,4)24)16(23)9-8-15-20-17(21-25-15)13-6-7-14(19)12(2)10-13/h6-7,10,24H,5,8-9,11H2,1-4H3. The first-order valence-electron chi connectivity index (χ1n) is 8.29. The molecule has 0 aliphatic carbocycles. The molecule has 1 amide bonds. The third kappa shape index (κ3) is 5.35. The van der Waals surface area contributed by atoms with Gasteiger partial charge < -0.3 is 14.5 Å². The molecule has 0 spiro atoms. The smallest absolute Gasteiger partial charge is 0.227 e. The van der Waals surface area contributed by atoms with Gasteiger partial charge in [0, 0.05) is 31.5 Å². The van der Waals surface area contributed by atoms with Crippen LogP contribution < -0.4 is 0 Å². The lowest BCUT2D eigenvalue weighted by molar-refractivity contribution is -0.134. The average molecular weight is 349 g/mol. The van der Waals surface area contributed by atoms with Crippen LogP contribution in [0.15, 0.2) is 22.7 Å². The molecule has 0 fully saturated rings. The second kappa shape index (κ2) is 7.74. The molecule has 7 heteroatoms. The second-order valence-corrected chi connectivity index (χ2v) is 6.70. The highest BCUT2D eigenvalue weighted by atomic mass is 19.1. The molecule has 1 aromatic carbocycles. The SMILES string of the molecule is CCN(CC(C)(C)O)C(=O)CCc1nc(-c2ccc(F)c(C)c2)no1. The van der Waals surface area contributed by atoms with Crippen LogP contribution in [0, 0.1) is 12.7 Å². The molecule has 0 bridgehead atoms. The Morgan fingerprint density at radius 3 is 2.72 bits per heavy atom. The molecule has 0 unspecified atom stereocenters. The van der Waals surface area contributed by atoms with Crippen molar-refractivity contribution in [2.75, 3.05) is 13.1 Å². The molecule has 6 nitrogen and oxygen atoms in total. The van der Waals surface area contributed by atoms with E-state index in [1.165, 1.54) is 6.07 Å². The molecule has 1 heterocycles. The molecule has 0 aliphatic rings. The van der Waals surface area contributed by atoms with Crippen molar-refractivity contribution in [3.8, 4) is 11.4 Å². The molecule has 1 N–H and O–H groups in total. The molecular formula is C18H24FN3O3. The van der Waals surface area contributed by atoms with E-state index in [4.69, 9.17) is 4.52 Å². The molecule has 0 saturated heterocycles. The average Bonchev–Trinajstić information content (AvgIpc) is 3.01. The van der Waals surface area contributed by atoms with Crippen molar-refractivity contribution in [2.45, 2.75) is 46.1 Å². The minimum Gasteiger partial charge on any atom is -0.389 e. The fourth-order valence-corrected chi connectivity index (χ4v) is 2.47. The summed E-state index contributed by atoms with van der Waals surface area (Å²) in [6, 6.07) is 4.60. The van der Waals surface area contributed by atoms with Gasteiger partial charge in [-0.2, -0.15) is 4.98 Å². The zero-order chi connectivity index (χ0) is 18.6. The first-order valence-corrected chi connectivity index (χ1v) is 8.29. The van der Waals surface area contributed by atoms with Crippen LogP contribution in [-0.4, -0.2) is 44.7 Å². The Bertz CT molecular complexity index is 737. The Kier molecular flexibility index (Phi) is 5.89. The van der Waals surface area contributed by atoms with Crippen molar-refractivity contribution < 1.29 is 18.8 Å². The third-order valence-electron chi connectivity index (χ3n) is 3.75. The maximum atomic E-state index is 13.3. The Morgan fingerprint density at radius 1 is 1.40 bits per heavy atom. The van der Waals surface area contributed by atoms with E-state index in [9.17, 15) is 14.3 Å². The largest absolute Gasteiger partial charge is 0.389 e. The normalized spacial score (nSPS) is 11.6. The number of hydrogen-bond donors (Lipinski definition) is 1. The van der Waals surface area contributed by atoms with Crippen LogP contribution in [0.2, 0.25) is 0 Å². The first-order chi connectivity index (χ1) is 11.7. The molecule has 0 saturated carbocycles. The van der Waals surface area contributed by atoms with E-state index >= 15 is 0 Å². The monoisotopic (exact) mass is 349 g/mol. The number of aliphatic hydroxyl groups is 1. The molecule has 2 rings (SSSR count). The van der Waals surface area contributed by atoms with Crippen LogP contribution in [0.3, 0.4) is 0 Å². The number of hydrogen-bond acceptors (Lipinski definition) is 5. The van der Waals surface area contributed by atoms with E-state index in [0.717, 1.165) is 0 Å². The van der Waals surface area contributed by atoms with Gasteiger partial charge in [-0.15, -0.1) is 0 Å². The van der Waals surface area contributed by atoms with Crippen molar-refractivity contribution in [1.82, 2.24) is 15.0 Å². The zero-order valence-electron chi connectivity index (χ0n) is 15.0. The first kappa shape index (κ1) is 19.1. The topological polar surface area (TPSA) is 79.5 Å². The summed E-state index contributed by atoms with van der Waals surface area (Å²) in [5, 5.41) is 13.7. The van der Waals surface area contributed by atoms with Crippen LogP contribution in [0.4, 0.5) is 4.39 Å². The third-order valence-corrected chi connectivity index (χ3v) is 3.75. The van der Waals surface area contributed by atoms with E-state index in [0.29, 0.717) is 35.8 Å². The Labute approximate surface area is 146 Å². The quantitative estimate of drug-likeness (QED) is 0.831. The highest BCUT2D eigenvalue weighted by Crippen LogP contribution is 2.19. The van der Waals surface area contributed by atoms with Gasteiger partial charge in [0.05, 0.1) is 5.60 Å². The molecule has 25 heavy (non-hydrogen) atoms. The van der Waals surface area contributed by atoms with Crippen LogP contribution in [0.25, 0.3) is 11.4 Å². The summed E-state index contributed by atoms with van der Waals surface area (Å²) in [6.45, 7) is 7.65. The molecule has 0 radical (unpaired) electrons. The van der Waals surface area contributed by atoms with Crippen LogP contribution in [0.1, 0.15) is 38.6 Å². The molecule has 1 aromatic heterocycles. The summed E-state index contributed by atoms with van der Waals surface area (Å²) in [4.78, 5) is 18.1. The summed E-state index contributed by atoms with van der Waals surface area (Å²) >= 11 is 0. The molecule has 0 aliphatic heterocycles. The van der Waals surface area contributed by atoms with Gasteiger partial charge in [-0.25, -0.2) is 4.39 Å². The van der Waals surface area contributed by atoms with E-state index < -0.39 is 5.60 Å². The van der Waals surface area contributed by atoms with E-state index in [1.807, 2.05) is 6.92 Å². The molecular weight excluding hydrogens is 325 g/mol. The van der Waals surface area contributed by atoms with Gasteiger partial charge in [-0.3, -0.25) is 4.79 Å². The Hall–Kier alpha value is -2.28. The van der Waals surface area contributed by atoms with Gasteiger partial charge in [0.2, 0.25) is 17.6 Å². The van der Waals surface area contributed by atoms with Gasteiger partial charge in [-0.05, 0) is 51.5 Å². The number of amides is 1. The van der Waals surface area contributed by atoms with Crippen LogP contribution in [-0.2, 0) is 11.2 Å². The lowest BCUT2D eigenvalue weighted by atomic mass is 10.1. The number of benzene rings is 1. The van der Waals surface area contributed by atoms with Crippen molar-refractivity contribution in [1.29, 1.82) is 0 Å². The fraction of sp³-hybridized carbons (Fsp3) is 0.500. The van der Waals surface area contributed by atoms with E-state index in [1.54, 1.807) is 37.8 Å². The molecule has 2 aromatic rings. The van der Waals surface area contributed by atoms with E-state index in [-0.39, 0.29) is 24.7 Å². The number of halogens is 1. The number of carbonyl (C=O) groups excluding carboxylic acids is 1. The Balaban J connectivity index is 1.99. The highest BCUT2D eigenvalue weighted by molar-refractivity contribution is 5.76. The predicted octanol–water partition coefficient (Wildman–Crippen LogP) is 2.74.